The van der Waals surface area contributed by atoms with Crippen molar-refractivity contribution in [1.29, 1.82) is 0 Å². The van der Waals surface area contributed by atoms with Crippen LogP contribution in [0.1, 0.15) is 38.3 Å². The summed E-state index contributed by atoms with van der Waals surface area (Å²) < 4.78 is 29.8. The first-order valence-corrected chi connectivity index (χ1v) is 11.6. The molecule has 36 heavy (non-hydrogen) atoms. The number of pyridine rings is 1. The Labute approximate surface area is 215 Å². The molecule has 0 bridgehead atoms. The molecule has 11 heteroatoms. The lowest BCUT2D eigenvalue weighted by Crippen LogP contribution is -2.48. The molecule has 1 atom stereocenters. The number of anilines is 2. The summed E-state index contributed by atoms with van der Waals surface area (Å²) in [6.45, 7) is 0.0346. The van der Waals surface area contributed by atoms with Gasteiger partial charge >= 0.3 is 0 Å². The van der Waals surface area contributed by atoms with Crippen LogP contribution in [0.3, 0.4) is 0 Å². The lowest BCUT2D eigenvalue weighted by atomic mass is 9.86. The van der Waals surface area contributed by atoms with E-state index in [1.54, 1.807) is 25.1 Å². The smallest absolute Gasteiger partial charge is 0.284 e. The van der Waals surface area contributed by atoms with Crippen LogP contribution in [-0.4, -0.2) is 46.1 Å². The van der Waals surface area contributed by atoms with E-state index in [9.17, 15) is 28.6 Å². The predicted octanol–water partition coefficient (Wildman–Crippen LogP) is 4.81. The molecule has 0 unspecified atom stereocenters. The molecule has 0 aliphatic carbocycles. The van der Waals surface area contributed by atoms with E-state index in [2.05, 4.69) is 10.3 Å². The quantitative estimate of drug-likeness (QED) is 0.444. The van der Waals surface area contributed by atoms with Crippen molar-refractivity contribution in [1.82, 2.24) is 4.98 Å². The van der Waals surface area contributed by atoms with Gasteiger partial charge in [0.1, 0.15) is 5.82 Å². The van der Waals surface area contributed by atoms with Crippen molar-refractivity contribution >= 4 is 46.5 Å². The Hall–Kier alpha value is -3.11. The number of aryl methyl sites for hydroxylation is 1. The number of fused-ring (bicyclic) bond motifs is 1. The third kappa shape index (κ3) is 4.55. The number of amides is 2. The maximum absolute atomic E-state index is 14.9. The normalized spacial score (nSPS) is 18.8. The number of benzene rings is 2. The number of rotatable bonds is 4. The van der Waals surface area contributed by atoms with Crippen LogP contribution in [0, 0.1) is 6.92 Å². The van der Waals surface area contributed by atoms with Crippen molar-refractivity contribution in [3.05, 3.63) is 87.0 Å². The number of nitrogens with zero attached hydrogens (tertiary/aromatic N) is 2. The summed E-state index contributed by atoms with van der Waals surface area (Å²) in [7, 11) is 0. The number of carbonyl (C=O) groups is 2. The summed E-state index contributed by atoms with van der Waals surface area (Å²) in [5.74, 6) is -4.73. The highest BCUT2D eigenvalue weighted by atomic mass is 35.5. The predicted molar refractivity (Wildman–Crippen MR) is 132 cm³/mol. The maximum Gasteiger partial charge on any atom is 0.284 e. The minimum atomic E-state index is -3.74. The lowest BCUT2D eigenvalue weighted by molar-refractivity contribution is -0.205. The molecule has 2 amide bonds. The van der Waals surface area contributed by atoms with Gasteiger partial charge in [0.05, 0.1) is 28.4 Å². The summed E-state index contributed by atoms with van der Waals surface area (Å²) >= 11 is 12.1. The number of halogens is 4. The van der Waals surface area contributed by atoms with Crippen LogP contribution >= 0.6 is 23.2 Å². The average Bonchev–Trinajstić information content (AvgIpc) is 2.92. The fourth-order valence-corrected chi connectivity index (χ4v) is 4.59. The van der Waals surface area contributed by atoms with Gasteiger partial charge in [0.25, 0.3) is 17.7 Å². The Morgan fingerprint density at radius 2 is 1.92 bits per heavy atom. The van der Waals surface area contributed by atoms with E-state index in [1.807, 2.05) is 0 Å². The highest BCUT2D eigenvalue weighted by Crippen LogP contribution is 2.47. The average molecular weight is 536 g/mol. The lowest BCUT2D eigenvalue weighted by Gasteiger charge is -2.33. The second-order valence-corrected chi connectivity index (χ2v) is 9.25. The zero-order chi connectivity index (χ0) is 26.3. The monoisotopic (exact) mass is 535 g/mol. The third-order valence-electron chi connectivity index (χ3n) is 6.12. The highest BCUT2D eigenvalue weighted by molar-refractivity contribution is 6.34. The Balaban J connectivity index is 1.63. The number of aliphatic hydroxyl groups excluding tert-OH is 1. The minimum absolute atomic E-state index is 0.00954. The molecule has 3 aromatic rings. The zero-order valence-electron chi connectivity index (χ0n) is 18.9. The van der Waals surface area contributed by atoms with E-state index in [4.69, 9.17) is 23.2 Å². The molecule has 0 saturated heterocycles. The summed E-state index contributed by atoms with van der Waals surface area (Å²) in [5, 5.41) is 23.4. The standard InChI is InChI=1S/C25H21Cl2F2N3O4/c1-14-3-2-4-18(27)21(14)22(34)31-20-8-5-15(12-30-20)23(35)32-10-9-25(28,29)24(36,13-33)17-11-16(26)6-7-19(17)32/h2-8,11-12,33,36H,9-10,13H2,1H3,(H,30,31,34)/t24-/m0/s1. The molecule has 0 saturated carbocycles. The molecule has 1 aliphatic heterocycles. The Bertz CT molecular complexity index is 1320. The van der Waals surface area contributed by atoms with Crippen LogP contribution in [0.4, 0.5) is 20.3 Å². The minimum Gasteiger partial charge on any atom is -0.393 e. The van der Waals surface area contributed by atoms with Gasteiger partial charge in [-0.25, -0.2) is 13.8 Å². The Morgan fingerprint density at radius 1 is 1.17 bits per heavy atom. The van der Waals surface area contributed by atoms with Gasteiger partial charge in [-0.1, -0.05) is 35.3 Å². The van der Waals surface area contributed by atoms with Gasteiger partial charge in [-0.05, 0) is 48.9 Å². The molecule has 0 fully saturated rings. The van der Waals surface area contributed by atoms with Crippen molar-refractivity contribution in [3.8, 4) is 0 Å². The number of hydrogen-bond acceptors (Lipinski definition) is 5. The van der Waals surface area contributed by atoms with Crippen LogP contribution < -0.4 is 10.2 Å². The van der Waals surface area contributed by atoms with Crippen molar-refractivity contribution in [2.24, 2.45) is 0 Å². The third-order valence-corrected chi connectivity index (χ3v) is 6.67. The zero-order valence-corrected chi connectivity index (χ0v) is 20.4. The molecule has 1 aliphatic rings. The number of aromatic nitrogens is 1. The van der Waals surface area contributed by atoms with Gasteiger partial charge in [-0.3, -0.25) is 9.59 Å². The number of nitrogens with one attached hydrogen (secondary N) is 1. The number of carbonyl (C=O) groups excluding carboxylic acids is 2. The van der Waals surface area contributed by atoms with Crippen LogP contribution in [0.25, 0.3) is 0 Å². The number of alkyl halides is 2. The summed E-state index contributed by atoms with van der Waals surface area (Å²) in [6, 6.07) is 11.7. The van der Waals surface area contributed by atoms with Gasteiger partial charge in [0, 0.05) is 29.7 Å². The molecular formula is C25H21Cl2F2N3O4. The van der Waals surface area contributed by atoms with E-state index in [-0.39, 0.29) is 32.7 Å². The first-order valence-electron chi connectivity index (χ1n) is 10.8. The van der Waals surface area contributed by atoms with Crippen molar-refractivity contribution in [2.45, 2.75) is 24.9 Å². The summed E-state index contributed by atoms with van der Waals surface area (Å²) in [4.78, 5) is 31.1. The summed E-state index contributed by atoms with van der Waals surface area (Å²) in [6.07, 6.45) is 0.301. The largest absolute Gasteiger partial charge is 0.393 e. The Morgan fingerprint density at radius 3 is 2.56 bits per heavy atom. The van der Waals surface area contributed by atoms with Gasteiger partial charge < -0.3 is 20.4 Å². The number of aliphatic hydroxyl groups is 2. The molecule has 2 heterocycles. The van der Waals surface area contributed by atoms with Gasteiger partial charge in [-0.15, -0.1) is 0 Å². The fraction of sp³-hybridized carbons (Fsp3) is 0.240. The SMILES string of the molecule is Cc1cccc(Cl)c1C(=O)Nc1ccc(C(=O)N2CCC(F)(F)[C@](O)(CO)c3cc(Cl)ccc32)cn1. The fourth-order valence-electron chi connectivity index (χ4n) is 4.11. The number of hydrogen-bond donors (Lipinski definition) is 3. The molecule has 4 rings (SSSR count). The molecule has 1 aromatic heterocycles. The molecule has 0 radical (unpaired) electrons. The molecule has 188 valence electrons. The van der Waals surface area contributed by atoms with Crippen LogP contribution in [-0.2, 0) is 5.60 Å². The summed E-state index contributed by atoms with van der Waals surface area (Å²) in [5.41, 5.74) is -2.28. The van der Waals surface area contributed by atoms with Crippen LogP contribution in [0.5, 0.6) is 0 Å². The van der Waals surface area contributed by atoms with Crippen molar-refractivity contribution in [3.63, 3.8) is 0 Å². The van der Waals surface area contributed by atoms with Crippen LogP contribution in [0.15, 0.2) is 54.7 Å². The van der Waals surface area contributed by atoms with Gasteiger partial charge in [0.15, 0.2) is 5.60 Å². The van der Waals surface area contributed by atoms with Crippen LogP contribution in [0.2, 0.25) is 10.0 Å². The van der Waals surface area contributed by atoms with Crippen molar-refractivity contribution < 1.29 is 28.6 Å². The second kappa shape index (κ2) is 9.74. The first kappa shape index (κ1) is 26.0. The molecule has 0 spiro atoms. The molecule has 3 N–H and O–H groups in total. The molecule has 7 nitrogen and oxygen atoms in total. The van der Waals surface area contributed by atoms with E-state index >= 15 is 0 Å². The molecule has 2 aromatic carbocycles. The van der Waals surface area contributed by atoms with E-state index in [1.165, 1.54) is 30.5 Å². The first-order chi connectivity index (χ1) is 17.0. The van der Waals surface area contributed by atoms with Gasteiger partial charge in [-0.2, -0.15) is 0 Å². The maximum atomic E-state index is 14.9. The topological polar surface area (TPSA) is 103 Å². The van der Waals surface area contributed by atoms with Gasteiger partial charge in [0.2, 0.25) is 0 Å². The Kier molecular flexibility index (Phi) is 7.03. The highest BCUT2D eigenvalue weighted by Gasteiger charge is 2.56. The van der Waals surface area contributed by atoms with E-state index < -0.39 is 42.9 Å². The second-order valence-electron chi connectivity index (χ2n) is 8.41. The van der Waals surface area contributed by atoms with E-state index in [0.29, 0.717) is 11.1 Å². The van der Waals surface area contributed by atoms with E-state index in [0.717, 1.165) is 11.0 Å². The van der Waals surface area contributed by atoms with Crippen molar-refractivity contribution in [2.75, 3.05) is 23.4 Å². The molecular weight excluding hydrogens is 515 g/mol.